The molecule has 1 heterocycles. The summed E-state index contributed by atoms with van der Waals surface area (Å²) in [7, 11) is -3.27. The van der Waals surface area contributed by atoms with Crippen LogP contribution in [0.25, 0.3) is 0 Å². The number of carbonyl (C=O) groups is 1. The van der Waals surface area contributed by atoms with Crippen molar-refractivity contribution in [2.24, 2.45) is 0 Å². The monoisotopic (exact) mass is 401 g/mol. The summed E-state index contributed by atoms with van der Waals surface area (Å²) < 4.78 is 25.0. The van der Waals surface area contributed by atoms with Gasteiger partial charge >= 0.3 is 0 Å². The van der Waals surface area contributed by atoms with E-state index in [0.29, 0.717) is 17.3 Å². The van der Waals surface area contributed by atoms with Crippen molar-refractivity contribution >= 4 is 27.4 Å². The first kappa shape index (κ1) is 19.3. The molecule has 0 aliphatic heterocycles. The molecule has 0 saturated carbocycles. The van der Waals surface area contributed by atoms with Crippen molar-refractivity contribution in [3.8, 4) is 0 Å². The molecule has 0 radical (unpaired) electrons. The highest BCUT2D eigenvalue weighted by Crippen LogP contribution is 2.20. The van der Waals surface area contributed by atoms with Gasteiger partial charge in [0, 0.05) is 11.8 Å². The smallest absolute Gasteiger partial charge is 0.191 e. The lowest BCUT2D eigenvalue weighted by Crippen LogP contribution is -2.07. The van der Waals surface area contributed by atoms with E-state index in [4.69, 9.17) is 0 Å². The third-order valence-electron chi connectivity index (χ3n) is 4.02. The van der Waals surface area contributed by atoms with Gasteiger partial charge < -0.3 is 4.57 Å². The first-order valence-electron chi connectivity index (χ1n) is 8.24. The van der Waals surface area contributed by atoms with E-state index >= 15 is 0 Å². The highest BCUT2D eigenvalue weighted by Gasteiger charge is 2.14. The van der Waals surface area contributed by atoms with Crippen LogP contribution in [0, 0.1) is 6.92 Å². The predicted octanol–water partition coefficient (Wildman–Crippen LogP) is 3.01. The number of ketones is 1. The minimum Gasteiger partial charge on any atom is -0.302 e. The van der Waals surface area contributed by atoms with E-state index in [1.54, 1.807) is 12.1 Å². The average Bonchev–Trinajstić information content (AvgIpc) is 3.00. The lowest BCUT2D eigenvalue weighted by atomic mass is 10.1. The van der Waals surface area contributed by atoms with Crippen molar-refractivity contribution in [3.63, 3.8) is 0 Å². The second kappa shape index (κ2) is 8.06. The minimum absolute atomic E-state index is 0.0908. The van der Waals surface area contributed by atoms with Crippen molar-refractivity contribution in [3.05, 3.63) is 71.5 Å². The number of hydrogen-bond acceptors (Lipinski definition) is 6. The molecular formula is C19H19N3O3S2. The molecular weight excluding hydrogens is 382 g/mol. The van der Waals surface area contributed by atoms with E-state index in [-0.39, 0.29) is 16.4 Å². The highest BCUT2D eigenvalue weighted by molar-refractivity contribution is 7.99. The number of aromatic nitrogens is 3. The van der Waals surface area contributed by atoms with Gasteiger partial charge in [-0.3, -0.25) is 4.79 Å². The summed E-state index contributed by atoms with van der Waals surface area (Å²) in [6.45, 7) is 2.52. The Bertz CT molecular complexity index is 1040. The number of nitrogens with zero attached hydrogens (tertiary/aromatic N) is 3. The topological polar surface area (TPSA) is 81.9 Å². The molecule has 3 aromatic rings. The van der Waals surface area contributed by atoms with E-state index in [9.17, 15) is 13.2 Å². The molecule has 0 aliphatic carbocycles. The highest BCUT2D eigenvalue weighted by atomic mass is 32.2. The summed E-state index contributed by atoms with van der Waals surface area (Å²) in [6.07, 6.45) is 1.14. The van der Waals surface area contributed by atoms with Crippen LogP contribution in [0.2, 0.25) is 0 Å². The van der Waals surface area contributed by atoms with E-state index < -0.39 is 9.84 Å². The Morgan fingerprint density at radius 1 is 1.04 bits per heavy atom. The summed E-state index contributed by atoms with van der Waals surface area (Å²) in [4.78, 5) is 12.6. The number of hydrogen-bond donors (Lipinski definition) is 0. The van der Waals surface area contributed by atoms with Crippen molar-refractivity contribution in [1.82, 2.24) is 14.8 Å². The molecule has 0 atom stereocenters. The second-order valence-corrected chi connectivity index (χ2v) is 9.07. The molecule has 0 fully saturated rings. The summed E-state index contributed by atoms with van der Waals surface area (Å²) >= 11 is 1.32. The number of benzene rings is 2. The number of rotatable bonds is 7. The van der Waals surface area contributed by atoms with Gasteiger partial charge in [-0.25, -0.2) is 8.42 Å². The van der Waals surface area contributed by atoms with Gasteiger partial charge in [-0.05, 0) is 24.6 Å². The van der Waals surface area contributed by atoms with Crippen molar-refractivity contribution in [2.45, 2.75) is 23.5 Å². The van der Waals surface area contributed by atoms with E-state index in [1.165, 1.54) is 23.9 Å². The quantitative estimate of drug-likeness (QED) is 0.447. The fourth-order valence-corrected chi connectivity index (χ4v) is 4.03. The largest absolute Gasteiger partial charge is 0.302 e. The fraction of sp³-hybridized carbons (Fsp3) is 0.211. The Hall–Kier alpha value is -2.45. The number of aryl methyl sites for hydroxylation is 1. The third-order valence-corrected chi connectivity index (χ3v) is 6.12. The molecule has 0 saturated heterocycles. The van der Waals surface area contributed by atoms with Crippen molar-refractivity contribution in [1.29, 1.82) is 0 Å². The Morgan fingerprint density at radius 2 is 1.70 bits per heavy atom. The first-order valence-corrected chi connectivity index (χ1v) is 11.1. The molecule has 8 heteroatoms. The Balaban J connectivity index is 1.69. The summed E-state index contributed by atoms with van der Waals surface area (Å²) in [6, 6.07) is 16.0. The molecule has 0 N–H and O–H groups in total. The lowest BCUT2D eigenvalue weighted by Gasteiger charge is -2.08. The zero-order valence-corrected chi connectivity index (χ0v) is 16.6. The van der Waals surface area contributed by atoms with Crippen LogP contribution in [0.15, 0.2) is 64.6 Å². The van der Waals surface area contributed by atoms with Gasteiger partial charge in [-0.1, -0.05) is 54.2 Å². The van der Waals surface area contributed by atoms with E-state index in [1.807, 2.05) is 41.8 Å². The van der Waals surface area contributed by atoms with Crippen LogP contribution in [0.3, 0.4) is 0 Å². The second-order valence-electron chi connectivity index (χ2n) is 6.11. The van der Waals surface area contributed by atoms with E-state index in [2.05, 4.69) is 10.2 Å². The van der Waals surface area contributed by atoms with Crippen molar-refractivity contribution in [2.75, 3.05) is 12.0 Å². The molecule has 27 heavy (non-hydrogen) atoms. The van der Waals surface area contributed by atoms with Gasteiger partial charge in [-0.2, -0.15) is 0 Å². The molecule has 0 amide bonds. The summed E-state index contributed by atoms with van der Waals surface area (Å²) in [5.74, 6) is 0.892. The molecule has 140 valence electrons. The normalized spacial score (nSPS) is 11.5. The van der Waals surface area contributed by atoms with Crippen LogP contribution in [0.5, 0.6) is 0 Å². The molecule has 1 aromatic heterocycles. The molecule has 0 spiro atoms. The number of Topliss-reactive ketones (excluding diaryl/α,β-unsaturated/α-hetero) is 1. The molecule has 0 aliphatic rings. The first-order chi connectivity index (χ1) is 12.8. The maximum absolute atomic E-state index is 12.4. The maximum Gasteiger partial charge on any atom is 0.191 e. The molecule has 0 unspecified atom stereocenters. The zero-order valence-electron chi connectivity index (χ0n) is 15.0. The average molecular weight is 402 g/mol. The number of carbonyl (C=O) groups excluding carboxylic acids is 1. The Morgan fingerprint density at radius 3 is 2.33 bits per heavy atom. The SMILES string of the molecule is Cc1nnc(SCC(=O)c2ccc(S(C)(=O)=O)cc2)n1Cc1ccccc1. The van der Waals surface area contributed by atoms with Gasteiger partial charge in [0.15, 0.2) is 20.8 Å². The van der Waals surface area contributed by atoms with Crippen LogP contribution in [-0.2, 0) is 16.4 Å². The Kier molecular flexibility index (Phi) is 5.76. The predicted molar refractivity (Wildman–Crippen MR) is 105 cm³/mol. The fourth-order valence-electron chi connectivity index (χ4n) is 2.52. The number of sulfone groups is 1. The van der Waals surface area contributed by atoms with Crippen LogP contribution < -0.4 is 0 Å². The molecule has 6 nitrogen and oxygen atoms in total. The minimum atomic E-state index is -3.27. The van der Waals surface area contributed by atoms with Crippen LogP contribution in [0.4, 0.5) is 0 Å². The summed E-state index contributed by atoms with van der Waals surface area (Å²) in [5, 5.41) is 8.96. The van der Waals surface area contributed by atoms with Gasteiger partial charge in [0.2, 0.25) is 0 Å². The third kappa shape index (κ3) is 4.84. The maximum atomic E-state index is 12.4. The number of thioether (sulfide) groups is 1. The standard InChI is InChI=1S/C19H19N3O3S2/c1-14-20-21-19(22(14)12-15-6-4-3-5-7-15)26-13-18(23)16-8-10-17(11-9-16)27(2,24)25/h3-11H,12-13H2,1-2H3. The summed E-state index contributed by atoms with van der Waals surface area (Å²) in [5.41, 5.74) is 1.60. The molecule has 3 rings (SSSR count). The van der Waals surface area contributed by atoms with Crippen LogP contribution >= 0.6 is 11.8 Å². The van der Waals surface area contributed by atoms with Gasteiger partial charge in [0.1, 0.15) is 5.82 Å². The van der Waals surface area contributed by atoms with Crippen LogP contribution in [-0.4, -0.2) is 41.0 Å². The van der Waals surface area contributed by atoms with Gasteiger partial charge in [0.25, 0.3) is 0 Å². The molecule has 2 aromatic carbocycles. The van der Waals surface area contributed by atoms with Gasteiger partial charge in [-0.15, -0.1) is 10.2 Å². The van der Waals surface area contributed by atoms with Gasteiger partial charge in [0.05, 0.1) is 17.2 Å². The molecule has 0 bridgehead atoms. The van der Waals surface area contributed by atoms with Crippen molar-refractivity contribution < 1.29 is 13.2 Å². The zero-order chi connectivity index (χ0) is 19.4. The van der Waals surface area contributed by atoms with Crippen LogP contribution in [0.1, 0.15) is 21.7 Å². The lowest BCUT2D eigenvalue weighted by molar-refractivity contribution is 0.102. The Labute approximate surface area is 162 Å². The van der Waals surface area contributed by atoms with E-state index in [0.717, 1.165) is 17.6 Å².